The van der Waals surface area contributed by atoms with Gasteiger partial charge in [-0.05, 0) is 307 Å². The Hall–Kier alpha value is -7.22. The molecule has 4 fully saturated rings. The van der Waals surface area contributed by atoms with Crippen molar-refractivity contribution < 1.29 is 79.3 Å². The minimum atomic E-state index is -5.86. The van der Waals surface area contributed by atoms with Crippen molar-refractivity contribution >= 4 is 70.6 Å². The fourth-order valence-electron chi connectivity index (χ4n) is 14.6. The molecule has 2 heterocycles. The van der Waals surface area contributed by atoms with E-state index >= 15 is 0 Å². The van der Waals surface area contributed by atoms with E-state index in [1.54, 1.807) is 34.6 Å². The van der Waals surface area contributed by atoms with Crippen molar-refractivity contribution in [2.75, 3.05) is 0 Å². The largest absolute Gasteiger partial charge is 0.743 e. The number of carbonyl (C=O) groups excluding carboxylic acids is 5. The summed E-state index contributed by atoms with van der Waals surface area (Å²) < 4.78 is 92.0. The summed E-state index contributed by atoms with van der Waals surface area (Å²) in [4.78, 5) is 60.9. The van der Waals surface area contributed by atoms with Crippen LogP contribution < -0.4 is 9.47 Å². The van der Waals surface area contributed by atoms with Gasteiger partial charge in [0.05, 0.1) is 21.7 Å². The topological polar surface area (TPSA) is 218 Å². The van der Waals surface area contributed by atoms with Crippen LogP contribution in [0.3, 0.4) is 0 Å². The van der Waals surface area contributed by atoms with Gasteiger partial charge in [0.15, 0.2) is 30.5 Å². The molecule has 0 saturated heterocycles. The number of rotatable bonds is 21. The van der Waals surface area contributed by atoms with Crippen molar-refractivity contribution in [1.82, 2.24) is 0 Å². The summed E-state index contributed by atoms with van der Waals surface area (Å²) >= 11 is 0. The zero-order valence-corrected chi connectivity index (χ0v) is 71.4. The Bertz CT molecular complexity index is 4220. The van der Waals surface area contributed by atoms with Gasteiger partial charge >= 0.3 is 35.1 Å². The van der Waals surface area contributed by atoms with E-state index in [0.717, 1.165) is 89.7 Å². The summed E-state index contributed by atoms with van der Waals surface area (Å²) in [6.07, 6.45) is 10.1. The first-order chi connectivity index (χ1) is 50.6. The van der Waals surface area contributed by atoms with Gasteiger partial charge in [-0.25, -0.2) is 13.2 Å². The highest BCUT2D eigenvalue weighted by molar-refractivity contribution is 7.86. The number of cyclic esters (lactones) is 1. The Balaban J connectivity index is 0.000000205. The van der Waals surface area contributed by atoms with E-state index in [1.165, 1.54) is 76.6 Å². The molecule has 10 unspecified atom stereocenters. The van der Waals surface area contributed by atoms with Crippen molar-refractivity contribution in [2.45, 2.75) is 285 Å². The quantitative estimate of drug-likeness (QED) is 0.0177. The van der Waals surface area contributed by atoms with E-state index < -0.39 is 55.6 Å². The Labute approximate surface area is 652 Å². The number of esters is 5. The molecule has 19 heteroatoms. The lowest BCUT2D eigenvalue weighted by Gasteiger charge is -2.46. The minimum Gasteiger partial charge on any atom is -0.743 e. The first-order valence-electron chi connectivity index (χ1n) is 39.3. The molecule has 4 saturated carbocycles. The normalized spacial score (nSPS) is 21.3. The molecule has 0 amide bonds. The van der Waals surface area contributed by atoms with Crippen LogP contribution in [0, 0.1) is 84.9 Å². The lowest BCUT2D eigenvalue weighted by Crippen LogP contribution is -2.49. The van der Waals surface area contributed by atoms with Crippen LogP contribution in [0.2, 0.25) is 0 Å². The summed E-state index contributed by atoms with van der Waals surface area (Å²) in [6.45, 7) is 46.6. The number of phenols is 1. The number of aromatic hydroxyl groups is 1. The molecule has 10 atom stereocenters. The van der Waals surface area contributed by atoms with Gasteiger partial charge in [0, 0.05) is 32.7 Å². The number of ether oxygens (including phenoxy) is 6. The Morgan fingerprint density at radius 3 is 1.51 bits per heavy atom. The van der Waals surface area contributed by atoms with E-state index in [9.17, 15) is 50.8 Å². The van der Waals surface area contributed by atoms with E-state index in [1.807, 2.05) is 69.2 Å². The Kier molecular flexibility index (Phi) is 30.4. The van der Waals surface area contributed by atoms with E-state index in [2.05, 4.69) is 156 Å². The highest BCUT2D eigenvalue weighted by Crippen LogP contribution is 2.71. The SMILES string of the molecule is CCC(C)(C)C(=O)OC(C)C(F)(F)S(=O)(=O)[O-].CCC(C)(C)C(=O)OC1(CC)CC2CC1C1C3CCC(C3)C21.CCC(C)(C)C(=O)OC1=C(C)C(C)OC1=O.CCC(C)(C)C(=O)Oc1c(C)c(C)c(O)c(C)c1C.CCC(C)c1ccc(OC(C)(C)CC)cc1.c1ccc(-[s+]2c3ccccc3c3ccccc32)cc1. The number of hydrogen-bond donors (Lipinski definition) is 1. The minimum absolute atomic E-state index is 0.0455. The molecule has 5 aliphatic rings. The molecule has 0 spiro atoms. The molecule has 1 aliphatic heterocycles. The van der Waals surface area contributed by atoms with Crippen LogP contribution in [0.1, 0.15) is 256 Å². The van der Waals surface area contributed by atoms with Gasteiger partial charge in [-0.1, -0.05) is 110 Å². The first kappa shape index (κ1) is 90.7. The van der Waals surface area contributed by atoms with Gasteiger partial charge in [-0.15, -0.1) is 0 Å². The van der Waals surface area contributed by atoms with Crippen molar-refractivity contribution in [3.05, 3.63) is 142 Å². The van der Waals surface area contributed by atoms with Gasteiger partial charge in [-0.2, -0.15) is 8.78 Å². The third-order valence-electron chi connectivity index (χ3n) is 24.8. The van der Waals surface area contributed by atoms with Crippen LogP contribution in [-0.4, -0.2) is 76.6 Å². The molecule has 4 bridgehead atoms. The number of phenolic OH excluding ortho intramolecular Hbond substituents is 1. The number of hydrogen-bond acceptors (Lipinski definition) is 15. The highest BCUT2D eigenvalue weighted by atomic mass is 32.2. The summed E-state index contributed by atoms with van der Waals surface area (Å²) in [7, 11) is -5.80. The summed E-state index contributed by atoms with van der Waals surface area (Å²) in [5.41, 5.74) is 2.60. The van der Waals surface area contributed by atoms with E-state index in [-0.39, 0.29) is 56.6 Å². The van der Waals surface area contributed by atoms with Gasteiger partial charge < -0.3 is 38.1 Å². The zero-order chi connectivity index (χ0) is 82.1. The molecule has 4 aliphatic carbocycles. The predicted octanol–water partition coefficient (Wildman–Crippen LogP) is 23.0. The highest BCUT2D eigenvalue weighted by Gasteiger charge is 2.68. The standard InChI is InChI=1S/C20H32O2.C18H13S.C16H24O3.C15H24O.C12H18O4.C9H16F2O5S/c1-5-19(3,4)18(21)22-20(6-2)11-14-10-15(20)17-13-8-7-12(9-13)16(14)17;1-2-8-14(9-3-1)19-17-12-6-4-10-15(17)16-11-5-7-13-18(16)19;1-8-16(6,7)15(18)19-14-11(4)9(2)13(17)10(3)12(14)5;1-6-12(3)13-8-10-14(11-9-13)16-15(4,5)7-2;1-6-12(4,5)11(14)16-9-7(2)8(3)15-10(9)13;1-5-8(3,4)7(12)16-6(2)9(10,11)17(13,14)15/h12-17H,5-11H2,1-4H3;1-13H;17H,8H2,1-7H3;8-12H,6-7H2,1-5H3;8H,6H2,1-5H3;6H,5H2,1-4H3,(H,13,14,15)/q;+1;;;;/p-1. The maximum Gasteiger partial charge on any atom is 0.375 e. The molecule has 5 aromatic carbocycles. The lowest BCUT2D eigenvalue weighted by atomic mass is 9.65. The lowest BCUT2D eigenvalue weighted by molar-refractivity contribution is -0.183. The van der Waals surface area contributed by atoms with Crippen molar-refractivity contribution in [3.8, 4) is 22.1 Å². The monoisotopic (exact) mass is 1550 g/mol. The average Bonchev–Trinajstić information content (AvgIpc) is 1.53. The van der Waals surface area contributed by atoms with Crippen LogP contribution in [0.5, 0.6) is 17.2 Å². The second-order valence-electron chi connectivity index (χ2n) is 33.8. The first-order valence-corrected chi connectivity index (χ1v) is 42.0. The number of fused-ring (bicyclic) bond motifs is 12. The maximum atomic E-state index is 13.0. The second-order valence-corrected chi connectivity index (χ2v) is 37.3. The third kappa shape index (κ3) is 20.7. The van der Waals surface area contributed by atoms with Crippen LogP contribution in [-0.2, 0) is 53.0 Å². The molecule has 602 valence electrons. The third-order valence-corrected chi connectivity index (χ3v) is 28.1. The average molecular weight is 1550 g/mol. The summed E-state index contributed by atoms with van der Waals surface area (Å²) in [5, 5.41) is 8.15. The fraction of sp³-hybridized carbons (Fsp3) is 0.589. The molecule has 11 rings (SSSR count). The van der Waals surface area contributed by atoms with Gasteiger partial charge in [-0.3, -0.25) is 19.2 Å². The van der Waals surface area contributed by atoms with Crippen LogP contribution in [0.15, 0.2) is 114 Å². The molecule has 15 nitrogen and oxygen atoms in total. The predicted molar refractivity (Wildman–Crippen MR) is 432 cm³/mol. The van der Waals surface area contributed by atoms with Crippen molar-refractivity contribution in [1.29, 1.82) is 0 Å². The van der Waals surface area contributed by atoms with Gasteiger partial charge in [0.1, 0.15) is 34.6 Å². The molecule has 1 N–H and O–H groups in total. The molecular weight excluding hydrogens is 1420 g/mol. The number of alkyl halides is 2. The van der Waals surface area contributed by atoms with E-state index in [0.29, 0.717) is 42.9 Å². The fourth-order valence-corrected chi connectivity index (χ4v) is 17.4. The number of thiophene rings is 1. The van der Waals surface area contributed by atoms with Crippen molar-refractivity contribution in [2.24, 2.45) is 57.2 Å². The molecular formula is C90H126F2O15S2. The van der Waals surface area contributed by atoms with Crippen LogP contribution in [0.4, 0.5) is 8.78 Å². The number of carbonyl (C=O) groups is 5. The number of halogens is 2. The molecule has 6 aromatic rings. The maximum absolute atomic E-state index is 13.0. The summed E-state index contributed by atoms with van der Waals surface area (Å²) in [6, 6.07) is 36.9. The van der Waals surface area contributed by atoms with E-state index in [4.69, 9.17) is 23.7 Å². The van der Waals surface area contributed by atoms with Gasteiger partial charge in [0.2, 0.25) is 5.76 Å². The van der Waals surface area contributed by atoms with Crippen molar-refractivity contribution in [3.63, 3.8) is 0 Å². The second kappa shape index (κ2) is 36.5. The molecule has 0 radical (unpaired) electrons. The van der Waals surface area contributed by atoms with Crippen LogP contribution in [0.25, 0.3) is 25.1 Å². The summed E-state index contributed by atoms with van der Waals surface area (Å²) in [5.74, 6) is 5.77. The zero-order valence-electron chi connectivity index (χ0n) is 69.7. The molecule has 1 aromatic heterocycles. The smallest absolute Gasteiger partial charge is 0.375 e. The van der Waals surface area contributed by atoms with Crippen LogP contribution >= 0.6 is 10.5 Å². The van der Waals surface area contributed by atoms with Gasteiger partial charge in [0.25, 0.3) is 0 Å². The number of benzene rings is 5. The Morgan fingerprint density at radius 2 is 1.06 bits per heavy atom. The Morgan fingerprint density at radius 1 is 0.606 bits per heavy atom. The molecule has 109 heavy (non-hydrogen) atoms.